The topological polar surface area (TPSA) is 50.9 Å². The molecule has 0 spiro atoms. The highest BCUT2D eigenvalue weighted by molar-refractivity contribution is 5.35. The summed E-state index contributed by atoms with van der Waals surface area (Å²) in [6.45, 7) is 0.878. The van der Waals surface area contributed by atoms with Crippen molar-refractivity contribution in [2.24, 2.45) is 0 Å². The number of aromatic nitrogens is 3. The summed E-state index contributed by atoms with van der Waals surface area (Å²) in [5.41, 5.74) is 5.11. The van der Waals surface area contributed by atoms with Crippen LogP contribution in [0.4, 0.5) is 0 Å². The summed E-state index contributed by atoms with van der Waals surface area (Å²) in [4.78, 5) is 0. The van der Waals surface area contributed by atoms with Crippen LogP contribution in [0.5, 0.6) is 0 Å². The molecule has 94 valence electrons. The number of rotatable bonds is 4. The molecule has 0 bridgehead atoms. The standard InChI is InChI=1S/C14H17N3O/c18-7-6-14-10-17(16-15-14)9-11-4-5-12-2-1-3-13(12)8-11/h4-5,8,10,18H,1-3,6-7,9H2. The molecule has 1 aromatic carbocycles. The van der Waals surface area contributed by atoms with Gasteiger partial charge in [0.2, 0.25) is 0 Å². The molecule has 0 saturated heterocycles. The Kier molecular flexibility index (Phi) is 3.11. The zero-order chi connectivity index (χ0) is 12.4. The fourth-order valence-electron chi connectivity index (χ4n) is 2.56. The van der Waals surface area contributed by atoms with Crippen molar-refractivity contribution in [2.45, 2.75) is 32.2 Å². The van der Waals surface area contributed by atoms with Crippen LogP contribution in [-0.2, 0) is 25.8 Å². The fourth-order valence-corrected chi connectivity index (χ4v) is 2.56. The van der Waals surface area contributed by atoms with Gasteiger partial charge in [0, 0.05) is 19.2 Å². The number of aliphatic hydroxyl groups excluding tert-OH is 1. The molecule has 4 nitrogen and oxygen atoms in total. The molecule has 0 amide bonds. The van der Waals surface area contributed by atoms with Gasteiger partial charge in [-0.2, -0.15) is 0 Å². The second kappa shape index (κ2) is 4.90. The number of fused-ring (bicyclic) bond motifs is 1. The number of hydrogen-bond acceptors (Lipinski definition) is 3. The Morgan fingerprint density at radius 3 is 3.00 bits per heavy atom. The first kappa shape index (κ1) is 11.4. The maximum Gasteiger partial charge on any atom is 0.0850 e. The zero-order valence-electron chi connectivity index (χ0n) is 10.3. The molecule has 0 saturated carbocycles. The van der Waals surface area contributed by atoms with Gasteiger partial charge in [-0.05, 0) is 36.0 Å². The quantitative estimate of drug-likeness (QED) is 0.882. The molecule has 0 fully saturated rings. The van der Waals surface area contributed by atoms with Crippen molar-refractivity contribution in [1.29, 1.82) is 0 Å². The van der Waals surface area contributed by atoms with Crippen molar-refractivity contribution < 1.29 is 5.11 Å². The number of aryl methyl sites for hydroxylation is 2. The average molecular weight is 243 g/mol. The molecule has 1 heterocycles. The number of benzene rings is 1. The first-order valence-corrected chi connectivity index (χ1v) is 6.46. The Morgan fingerprint density at radius 2 is 2.11 bits per heavy atom. The van der Waals surface area contributed by atoms with Crippen LogP contribution >= 0.6 is 0 Å². The first-order valence-electron chi connectivity index (χ1n) is 6.46. The SMILES string of the molecule is OCCc1cn(Cc2ccc3c(c2)CCC3)nn1. The largest absolute Gasteiger partial charge is 0.396 e. The van der Waals surface area contributed by atoms with Crippen LogP contribution in [0, 0.1) is 0 Å². The lowest BCUT2D eigenvalue weighted by Gasteiger charge is -2.04. The maximum atomic E-state index is 8.85. The van der Waals surface area contributed by atoms with Crippen LogP contribution in [-0.4, -0.2) is 26.7 Å². The second-order valence-electron chi connectivity index (χ2n) is 4.84. The van der Waals surface area contributed by atoms with Gasteiger partial charge < -0.3 is 5.11 Å². The van der Waals surface area contributed by atoms with Gasteiger partial charge in [0.15, 0.2) is 0 Å². The van der Waals surface area contributed by atoms with Crippen LogP contribution in [0.3, 0.4) is 0 Å². The number of hydrogen-bond donors (Lipinski definition) is 1. The van der Waals surface area contributed by atoms with E-state index in [0.29, 0.717) is 6.42 Å². The highest BCUT2D eigenvalue weighted by atomic mass is 16.3. The normalized spacial score (nSPS) is 13.8. The molecule has 0 unspecified atom stereocenters. The van der Waals surface area contributed by atoms with Crippen molar-refractivity contribution in [3.63, 3.8) is 0 Å². The van der Waals surface area contributed by atoms with E-state index in [-0.39, 0.29) is 6.61 Å². The summed E-state index contributed by atoms with van der Waals surface area (Å²) in [5, 5.41) is 17.0. The minimum Gasteiger partial charge on any atom is -0.396 e. The van der Waals surface area contributed by atoms with Gasteiger partial charge in [-0.25, -0.2) is 4.68 Å². The van der Waals surface area contributed by atoms with Crippen molar-refractivity contribution in [3.05, 3.63) is 46.8 Å². The second-order valence-corrected chi connectivity index (χ2v) is 4.84. The molecular weight excluding hydrogens is 226 g/mol. The molecule has 3 rings (SSSR count). The van der Waals surface area contributed by atoms with Gasteiger partial charge >= 0.3 is 0 Å². The highest BCUT2D eigenvalue weighted by Gasteiger charge is 2.11. The Hall–Kier alpha value is -1.68. The Morgan fingerprint density at radius 1 is 1.22 bits per heavy atom. The molecule has 1 aliphatic carbocycles. The Balaban J connectivity index is 1.75. The van der Waals surface area contributed by atoms with Gasteiger partial charge in [-0.3, -0.25) is 0 Å². The molecule has 18 heavy (non-hydrogen) atoms. The van der Waals surface area contributed by atoms with Crippen LogP contribution < -0.4 is 0 Å². The van der Waals surface area contributed by atoms with Crippen molar-refractivity contribution in [3.8, 4) is 0 Å². The minimum absolute atomic E-state index is 0.123. The molecule has 0 radical (unpaired) electrons. The Labute approximate surface area is 106 Å². The lowest BCUT2D eigenvalue weighted by Crippen LogP contribution is -2.01. The van der Waals surface area contributed by atoms with Crippen LogP contribution in [0.15, 0.2) is 24.4 Å². The molecule has 1 aromatic heterocycles. The summed E-state index contributed by atoms with van der Waals surface area (Å²) >= 11 is 0. The third-order valence-corrected chi connectivity index (χ3v) is 3.46. The first-order chi connectivity index (χ1) is 8.85. The van der Waals surface area contributed by atoms with E-state index in [0.717, 1.165) is 12.2 Å². The van der Waals surface area contributed by atoms with Crippen LogP contribution in [0.25, 0.3) is 0 Å². The molecule has 1 N–H and O–H groups in total. The predicted molar refractivity (Wildman–Crippen MR) is 68.4 cm³/mol. The molecular formula is C14H17N3O. The molecule has 4 heteroatoms. The van der Waals surface area contributed by atoms with Gasteiger partial charge in [0.1, 0.15) is 0 Å². The summed E-state index contributed by atoms with van der Waals surface area (Å²) in [7, 11) is 0. The fraction of sp³-hybridized carbons (Fsp3) is 0.429. The van der Waals surface area contributed by atoms with Gasteiger partial charge in [0.05, 0.1) is 12.2 Å². The molecule has 2 aromatic rings. The third kappa shape index (κ3) is 2.29. The molecule has 0 atom stereocenters. The zero-order valence-corrected chi connectivity index (χ0v) is 10.3. The Bertz CT molecular complexity index is 548. The predicted octanol–water partition coefficient (Wildman–Crippen LogP) is 1.35. The maximum absolute atomic E-state index is 8.85. The monoisotopic (exact) mass is 243 g/mol. The van der Waals surface area contributed by atoms with E-state index in [2.05, 4.69) is 28.5 Å². The van der Waals surface area contributed by atoms with E-state index in [1.54, 1.807) is 0 Å². The minimum atomic E-state index is 0.123. The van der Waals surface area contributed by atoms with Crippen molar-refractivity contribution in [2.75, 3.05) is 6.61 Å². The van der Waals surface area contributed by atoms with Gasteiger partial charge in [-0.1, -0.05) is 23.4 Å². The average Bonchev–Trinajstić information content (AvgIpc) is 2.98. The van der Waals surface area contributed by atoms with E-state index < -0.39 is 0 Å². The third-order valence-electron chi connectivity index (χ3n) is 3.46. The number of nitrogens with zero attached hydrogens (tertiary/aromatic N) is 3. The van der Waals surface area contributed by atoms with Crippen LogP contribution in [0.2, 0.25) is 0 Å². The smallest absolute Gasteiger partial charge is 0.0850 e. The summed E-state index contributed by atoms with van der Waals surface area (Å²) in [6, 6.07) is 6.70. The van der Waals surface area contributed by atoms with E-state index in [9.17, 15) is 0 Å². The summed E-state index contributed by atoms with van der Waals surface area (Å²) in [6.07, 6.45) is 6.19. The van der Waals surface area contributed by atoms with E-state index in [4.69, 9.17) is 5.11 Å². The van der Waals surface area contributed by atoms with Crippen molar-refractivity contribution in [1.82, 2.24) is 15.0 Å². The summed E-state index contributed by atoms with van der Waals surface area (Å²) in [5.74, 6) is 0. The van der Waals surface area contributed by atoms with Crippen LogP contribution in [0.1, 0.15) is 28.8 Å². The number of aliphatic hydroxyl groups is 1. The van der Waals surface area contributed by atoms with Gasteiger partial charge in [0.25, 0.3) is 0 Å². The molecule has 0 aliphatic heterocycles. The van der Waals surface area contributed by atoms with Gasteiger partial charge in [-0.15, -0.1) is 5.10 Å². The molecule has 1 aliphatic rings. The van der Waals surface area contributed by atoms with Crippen molar-refractivity contribution >= 4 is 0 Å². The lowest BCUT2D eigenvalue weighted by molar-refractivity contribution is 0.298. The highest BCUT2D eigenvalue weighted by Crippen LogP contribution is 2.23. The summed E-state index contributed by atoms with van der Waals surface area (Å²) < 4.78 is 1.83. The van der Waals surface area contributed by atoms with E-state index in [1.807, 2.05) is 10.9 Å². The van der Waals surface area contributed by atoms with E-state index >= 15 is 0 Å². The lowest BCUT2D eigenvalue weighted by atomic mass is 10.1. The van der Waals surface area contributed by atoms with E-state index in [1.165, 1.54) is 36.0 Å².